The summed E-state index contributed by atoms with van der Waals surface area (Å²) in [7, 11) is 2.07. The number of piperidine rings is 1. The van der Waals surface area contributed by atoms with Gasteiger partial charge in [-0.1, -0.05) is 6.92 Å². The first-order valence-corrected chi connectivity index (χ1v) is 6.80. The molecule has 1 heterocycles. The molecule has 3 nitrogen and oxygen atoms in total. The van der Waals surface area contributed by atoms with Gasteiger partial charge in [0.2, 0.25) is 0 Å². The monoisotopic (exact) mass is 226 g/mol. The molecule has 1 aliphatic heterocycles. The topological polar surface area (TPSA) is 35.5 Å². The van der Waals surface area contributed by atoms with Crippen LogP contribution in [0, 0.1) is 5.92 Å². The maximum absolute atomic E-state index is 9.92. The second kappa shape index (κ2) is 5.48. The fourth-order valence-corrected chi connectivity index (χ4v) is 3.13. The van der Waals surface area contributed by atoms with Gasteiger partial charge in [-0.15, -0.1) is 0 Å². The van der Waals surface area contributed by atoms with Crippen molar-refractivity contribution in [2.75, 3.05) is 20.1 Å². The SMILES string of the molecule is CNC1CCC(N2CCC(C)C(O)C2)CC1. The fraction of sp³-hybridized carbons (Fsp3) is 1.00. The van der Waals surface area contributed by atoms with Crippen LogP contribution in [0.25, 0.3) is 0 Å². The Morgan fingerprint density at radius 3 is 2.38 bits per heavy atom. The molecule has 1 aliphatic carbocycles. The van der Waals surface area contributed by atoms with E-state index in [9.17, 15) is 5.11 Å². The highest BCUT2D eigenvalue weighted by Crippen LogP contribution is 2.27. The van der Waals surface area contributed by atoms with Gasteiger partial charge in [0.25, 0.3) is 0 Å². The minimum absolute atomic E-state index is 0.101. The van der Waals surface area contributed by atoms with Crippen LogP contribution in [-0.2, 0) is 0 Å². The van der Waals surface area contributed by atoms with Crippen molar-refractivity contribution in [3.05, 3.63) is 0 Å². The molecular weight excluding hydrogens is 200 g/mol. The Morgan fingerprint density at radius 2 is 1.81 bits per heavy atom. The van der Waals surface area contributed by atoms with Crippen LogP contribution in [-0.4, -0.2) is 48.3 Å². The van der Waals surface area contributed by atoms with Gasteiger partial charge in [0, 0.05) is 18.6 Å². The van der Waals surface area contributed by atoms with Gasteiger partial charge in [-0.3, -0.25) is 4.90 Å². The molecule has 0 amide bonds. The molecule has 0 spiro atoms. The highest BCUT2D eigenvalue weighted by molar-refractivity contribution is 4.86. The van der Waals surface area contributed by atoms with Crippen LogP contribution < -0.4 is 5.32 Å². The van der Waals surface area contributed by atoms with Gasteiger partial charge in [0.15, 0.2) is 0 Å². The van der Waals surface area contributed by atoms with Crippen molar-refractivity contribution >= 4 is 0 Å². The number of aliphatic hydroxyl groups is 1. The van der Waals surface area contributed by atoms with Crippen LogP contribution >= 0.6 is 0 Å². The largest absolute Gasteiger partial charge is 0.392 e. The summed E-state index contributed by atoms with van der Waals surface area (Å²) in [6.07, 6.45) is 6.25. The fourth-order valence-electron chi connectivity index (χ4n) is 3.13. The summed E-state index contributed by atoms with van der Waals surface area (Å²) in [5.74, 6) is 0.491. The summed E-state index contributed by atoms with van der Waals surface area (Å²) in [6, 6.07) is 1.46. The number of rotatable bonds is 2. The minimum atomic E-state index is -0.101. The average Bonchev–Trinajstić information content (AvgIpc) is 2.33. The summed E-state index contributed by atoms with van der Waals surface area (Å²) in [5, 5.41) is 13.3. The molecule has 0 bridgehead atoms. The molecule has 0 radical (unpaired) electrons. The first-order valence-electron chi connectivity index (χ1n) is 6.80. The lowest BCUT2D eigenvalue weighted by molar-refractivity contribution is 0.00103. The summed E-state index contributed by atoms with van der Waals surface area (Å²) in [6.45, 7) is 4.25. The Morgan fingerprint density at radius 1 is 1.12 bits per heavy atom. The number of nitrogens with zero attached hydrogens (tertiary/aromatic N) is 1. The Kier molecular flexibility index (Phi) is 4.22. The zero-order valence-corrected chi connectivity index (χ0v) is 10.7. The van der Waals surface area contributed by atoms with Crippen molar-refractivity contribution in [1.29, 1.82) is 0 Å². The number of aliphatic hydroxyl groups excluding tert-OH is 1. The maximum atomic E-state index is 9.92. The first-order chi connectivity index (χ1) is 7.70. The quantitative estimate of drug-likeness (QED) is 0.743. The predicted octanol–water partition coefficient (Wildman–Crippen LogP) is 1.22. The van der Waals surface area contributed by atoms with Gasteiger partial charge in [0.1, 0.15) is 0 Å². The van der Waals surface area contributed by atoms with E-state index in [1.807, 2.05) is 0 Å². The van der Waals surface area contributed by atoms with Crippen molar-refractivity contribution in [1.82, 2.24) is 10.2 Å². The van der Waals surface area contributed by atoms with Gasteiger partial charge in [-0.05, 0) is 51.6 Å². The molecule has 1 saturated heterocycles. The molecule has 3 heteroatoms. The summed E-state index contributed by atoms with van der Waals surface area (Å²) < 4.78 is 0. The Bertz CT molecular complexity index is 214. The molecule has 16 heavy (non-hydrogen) atoms. The smallest absolute Gasteiger partial charge is 0.0693 e. The highest BCUT2D eigenvalue weighted by Gasteiger charge is 2.31. The van der Waals surface area contributed by atoms with Crippen molar-refractivity contribution in [3.8, 4) is 0 Å². The predicted molar refractivity (Wildman–Crippen MR) is 66.5 cm³/mol. The Hall–Kier alpha value is -0.120. The van der Waals surface area contributed by atoms with Crippen LogP contribution in [0.2, 0.25) is 0 Å². The third-order valence-electron chi connectivity index (χ3n) is 4.57. The highest BCUT2D eigenvalue weighted by atomic mass is 16.3. The van der Waals surface area contributed by atoms with E-state index in [1.54, 1.807) is 0 Å². The maximum Gasteiger partial charge on any atom is 0.0693 e. The molecule has 0 aromatic rings. The zero-order chi connectivity index (χ0) is 11.5. The molecule has 1 saturated carbocycles. The van der Waals surface area contributed by atoms with Crippen molar-refractivity contribution in [2.24, 2.45) is 5.92 Å². The molecule has 2 rings (SSSR count). The van der Waals surface area contributed by atoms with E-state index in [4.69, 9.17) is 0 Å². The van der Waals surface area contributed by atoms with E-state index in [1.165, 1.54) is 32.2 Å². The molecular formula is C13H26N2O. The lowest BCUT2D eigenvalue weighted by Gasteiger charge is -2.42. The van der Waals surface area contributed by atoms with Crippen LogP contribution in [0.3, 0.4) is 0 Å². The first kappa shape index (κ1) is 12.3. The number of likely N-dealkylation sites (tertiary alicyclic amines) is 1. The van der Waals surface area contributed by atoms with Crippen molar-refractivity contribution in [3.63, 3.8) is 0 Å². The van der Waals surface area contributed by atoms with Gasteiger partial charge in [-0.2, -0.15) is 0 Å². The van der Waals surface area contributed by atoms with E-state index < -0.39 is 0 Å². The lowest BCUT2D eigenvalue weighted by Crippen LogP contribution is -2.49. The van der Waals surface area contributed by atoms with E-state index in [0.29, 0.717) is 5.92 Å². The Balaban J connectivity index is 1.81. The summed E-state index contributed by atoms with van der Waals surface area (Å²) in [5.41, 5.74) is 0. The van der Waals surface area contributed by atoms with Crippen LogP contribution in [0.15, 0.2) is 0 Å². The number of β-amino-alcohol motifs (C(OH)–C–C–N with tert-alkyl or cyclic N) is 1. The Labute approximate surface area is 99.2 Å². The van der Waals surface area contributed by atoms with E-state index in [2.05, 4.69) is 24.2 Å². The van der Waals surface area contributed by atoms with Crippen LogP contribution in [0.1, 0.15) is 39.0 Å². The summed E-state index contributed by atoms with van der Waals surface area (Å²) >= 11 is 0. The number of hydrogen-bond acceptors (Lipinski definition) is 3. The second-order valence-corrected chi connectivity index (χ2v) is 5.62. The molecule has 94 valence electrons. The normalized spacial score (nSPS) is 42.2. The van der Waals surface area contributed by atoms with Crippen LogP contribution in [0.4, 0.5) is 0 Å². The molecule has 2 aliphatic rings. The number of hydrogen-bond donors (Lipinski definition) is 2. The van der Waals surface area contributed by atoms with Crippen molar-refractivity contribution < 1.29 is 5.11 Å². The zero-order valence-electron chi connectivity index (χ0n) is 10.7. The number of nitrogens with one attached hydrogen (secondary N) is 1. The minimum Gasteiger partial charge on any atom is -0.392 e. The van der Waals surface area contributed by atoms with Gasteiger partial charge >= 0.3 is 0 Å². The molecule has 2 unspecified atom stereocenters. The molecule has 2 atom stereocenters. The van der Waals surface area contributed by atoms with Gasteiger partial charge in [-0.25, -0.2) is 0 Å². The lowest BCUT2D eigenvalue weighted by atomic mass is 9.87. The molecule has 2 fully saturated rings. The molecule has 2 N–H and O–H groups in total. The molecule has 0 aromatic carbocycles. The second-order valence-electron chi connectivity index (χ2n) is 5.62. The third kappa shape index (κ3) is 2.76. The van der Waals surface area contributed by atoms with E-state index in [-0.39, 0.29) is 6.10 Å². The molecule has 0 aromatic heterocycles. The van der Waals surface area contributed by atoms with E-state index in [0.717, 1.165) is 25.0 Å². The van der Waals surface area contributed by atoms with Gasteiger partial charge < -0.3 is 10.4 Å². The van der Waals surface area contributed by atoms with Gasteiger partial charge in [0.05, 0.1) is 6.10 Å². The third-order valence-corrected chi connectivity index (χ3v) is 4.57. The average molecular weight is 226 g/mol. The van der Waals surface area contributed by atoms with E-state index >= 15 is 0 Å². The van der Waals surface area contributed by atoms with Crippen LogP contribution in [0.5, 0.6) is 0 Å². The van der Waals surface area contributed by atoms with Crippen molar-refractivity contribution in [2.45, 2.75) is 57.2 Å². The standard InChI is InChI=1S/C13H26N2O/c1-10-7-8-15(9-13(10)16)12-5-3-11(14-2)4-6-12/h10-14,16H,3-9H2,1-2H3. The summed E-state index contributed by atoms with van der Waals surface area (Å²) in [4.78, 5) is 2.52.